The molecule has 1 unspecified atom stereocenters. The molecule has 0 amide bonds. The van der Waals surface area contributed by atoms with Crippen LogP contribution in [0.4, 0.5) is 0 Å². The Hall–Kier alpha value is -1.07. The number of rotatable bonds is 2. The normalized spacial score (nSPS) is 15.5. The SMILES string of the molecule is OC(c1ccc(I)cc1)c1ccc2c(c1)CCCO2. The molecule has 0 fully saturated rings. The van der Waals surface area contributed by atoms with Gasteiger partial charge in [0.1, 0.15) is 11.9 Å². The first-order valence-electron chi connectivity index (χ1n) is 6.43. The average molecular weight is 366 g/mol. The van der Waals surface area contributed by atoms with Crippen molar-refractivity contribution in [1.82, 2.24) is 0 Å². The molecular weight excluding hydrogens is 351 g/mol. The third-order valence-corrected chi connectivity index (χ3v) is 4.15. The van der Waals surface area contributed by atoms with Crippen LogP contribution in [0.2, 0.25) is 0 Å². The number of benzene rings is 2. The van der Waals surface area contributed by atoms with E-state index in [0.29, 0.717) is 0 Å². The molecule has 3 heteroatoms. The number of hydrogen-bond donors (Lipinski definition) is 1. The van der Waals surface area contributed by atoms with Gasteiger partial charge in [0.15, 0.2) is 0 Å². The minimum Gasteiger partial charge on any atom is -0.493 e. The van der Waals surface area contributed by atoms with Gasteiger partial charge in [-0.3, -0.25) is 0 Å². The standard InChI is InChI=1S/C16H15IO2/c17-14-6-3-11(4-7-14)16(18)13-5-8-15-12(10-13)2-1-9-19-15/h3-8,10,16,18H,1-2,9H2. The second-order valence-corrected chi connectivity index (χ2v) is 6.02. The summed E-state index contributed by atoms with van der Waals surface area (Å²) in [6, 6.07) is 14.0. The van der Waals surface area contributed by atoms with E-state index < -0.39 is 6.10 Å². The summed E-state index contributed by atoms with van der Waals surface area (Å²) in [5, 5.41) is 10.4. The second kappa shape index (κ2) is 5.51. The fourth-order valence-corrected chi connectivity index (χ4v) is 2.75. The molecule has 0 saturated heterocycles. The van der Waals surface area contributed by atoms with Crippen molar-refractivity contribution in [1.29, 1.82) is 0 Å². The lowest BCUT2D eigenvalue weighted by atomic mass is 9.97. The number of aryl methyl sites for hydroxylation is 1. The van der Waals surface area contributed by atoms with Gasteiger partial charge in [0.2, 0.25) is 0 Å². The van der Waals surface area contributed by atoms with E-state index in [0.717, 1.165) is 36.3 Å². The van der Waals surface area contributed by atoms with E-state index >= 15 is 0 Å². The van der Waals surface area contributed by atoms with E-state index in [9.17, 15) is 5.11 Å². The lowest BCUT2D eigenvalue weighted by Crippen LogP contribution is -2.09. The Morgan fingerprint density at radius 3 is 2.58 bits per heavy atom. The molecule has 0 saturated carbocycles. The van der Waals surface area contributed by atoms with Crippen LogP contribution in [0.3, 0.4) is 0 Å². The highest BCUT2D eigenvalue weighted by atomic mass is 127. The summed E-state index contributed by atoms with van der Waals surface area (Å²) in [7, 11) is 0. The summed E-state index contributed by atoms with van der Waals surface area (Å²) >= 11 is 2.26. The first-order chi connectivity index (χ1) is 9.24. The molecule has 0 aliphatic carbocycles. The van der Waals surface area contributed by atoms with E-state index in [1.54, 1.807) is 0 Å². The summed E-state index contributed by atoms with van der Waals surface area (Å²) in [5.74, 6) is 0.963. The van der Waals surface area contributed by atoms with E-state index in [1.807, 2.05) is 36.4 Å². The maximum atomic E-state index is 10.4. The van der Waals surface area contributed by atoms with Crippen LogP contribution in [0, 0.1) is 3.57 Å². The number of halogens is 1. The second-order valence-electron chi connectivity index (χ2n) is 4.77. The zero-order valence-electron chi connectivity index (χ0n) is 10.5. The van der Waals surface area contributed by atoms with Crippen molar-refractivity contribution >= 4 is 22.6 Å². The van der Waals surface area contributed by atoms with Crippen LogP contribution >= 0.6 is 22.6 Å². The van der Waals surface area contributed by atoms with Crippen LogP contribution in [-0.4, -0.2) is 11.7 Å². The smallest absolute Gasteiger partial charge is 0.122 e. The molecular formula is C16H15IO2. The molecule has 0 radical (unpaired) electrons. The lowest BCUT2D eigenvalue weighted by molar-refractivity contribution is 0.219. The number of aliphatic hydroxyl groups is 1. The van der Waals surface area contributed by atoms with Gasteiger partial charge in [0.25, 0.3) is 0 Å². The minimum atomic E-state index is -0.566. The fraction of sp³-hybridized carbons (Fsp3) is 0.250. The quantitative estimate of drug-likeness (QED) is 0.822. The van der Waals surface area contributed by atoms with Crippen molar-refractivity contribution in [3.63, 3.8) is 0 Å². The summed E-state index contributed by atoms with van der Waals surface area (Å²) < 4.78 is 6.77. The Morgan fingerprint density at radius 1 is 1.05 bits per heavy atom. The molecule has 1 N–H and O–H groups in total. The van der Waals surface area contributed by atoms with Crippen LogP contribution < -0.4 is 4.74 Å². The van der Waals surface area contributed by atoms with Gasteiger partial charge in [-0.15, -0.1) is 0 Å². The van der Waals surface area contributed by atoms with Crippen molar-refractivity contribution in [2.75, 3.05) is 6.61 Å². The Labute approximate surface area is 126 Å². The fourth-order valence-electron chi connectivity index (χ4n) is 2.39. The van der Waals surface area contributed by atoms with Gasteiger partial charge >= 0.3 is 0 Å². The molecule has 0 aromatic heterocycles. The molecule has 2 aromatic rings. The highest BCUT2D eigenvalue weighted by Gasteiger charge is 2.15. The van der Waals surface area contributed by atoms with Crippen LogP contribution in [0.5, 0.6) is 5.75 Å². The van der Waals surface area contributed by atoms with Gasteiger partial charge in [0.05, 0.1) is 6.61 Å². The van der Waals surface area contributed by atoms with Crippen LogP contribution in [-0.2, 0) is 6.42 Å². The maximum Gasteiger partial charge on any atom is 0.122 e. The zero-order chi connectivity index (χ0) is 13.2. The predicted octanol–water partition coefficient (Wildman–Crippen LogP) is 3.70. The number of ether oxygens (including phenoxy) is 1. The maximum absolute atomic E-state index is 10.4. The van der Waals surface area contributed by atoms with Gasteiger partial charge in [-0.2, -0.15) is 0 Å². The number of hydrogen-bond acceptors (Lipinski definition) is 2. The Kier molecular flexibility index (Phi) is 3.75. The van der Waals surface area contributed by atoms with E-state index in [-0.39, 0.29) is 0 Å². The number of fused-ring (bicyclic) bond motifs is 1. The molecule has 0 spiro atoms. The van der Waals surface area contributed by atoms with Crippen molar-refractivity contribution in [2.45, 2.75) is 18.9 Å². The summed E-state index contributed by atoms with van der Waals surface area (Å²) in [6.07, 6.45) is 1.52. The molecule has 2 nitrogen and oxygen atoms in total. The van der Waals surface area contributed by atoms with Crippen LogP contribution in [0.1, 0.15) is 29.2 Å². The monoisotopic (exact) mass is 366 g/mol. The molecule has 0 bridgehead atoms. The van der Waals surface area contributed by atoms with Gasteiger partial charge < -0.3 is 9.84 Å². The summed E-state index contributed by atoms with van der Waals surface area (Å²) in [6.45, 7) is 0.798. The van der Waals surface area contributed by atoms with Gasteiger partial charge in [-0.05, 0) is 76.4 Å². The number of aliphatic hydroxyl groups excluding tert-OH is 1. The van der Waals surface area contributed by atoms with E-state index in [1.165, 1.54) is 9.13 Å². The molecule has 19 heavy (non-hydrogen) atoms. The van der Waals surface area contributed by atoms with Crippen molar-refractivity contribution < 1.29 is 9.84 Å². The minimum absolute atomic E-state index is 0.566. The van der Waals surface area contributed by atoms with Gasteiger partial charge in [-0.1, -0.05) is 18.2 Å². The van der Waals surface area contributed by atoms with Gasteiger partial charge in [-0.25, -0.2) is 0 Å². The first-order valence-corrected chi connectivity index (χ1v) is 7.51. The van der Waals surface area contributed by atoms with Crippen LogP contribution in [0.15, 0.2) is 42.5 Å². The molecule has 1 aliphatic rings. The Morgan fingerprint density at radius 2 is 1.79 bits per heavy atom. The molecule has 1 atom stereocenters. The van der Waals surface area contributed by atoms with Crippen molar-refractivity contribution in [2.24, 2.45) is 0 Å². The van der Waals surface area contributed by atoms with Crippen LogP contribution in [0.25, 0.3) is 0 Å². The molecule has 3 rings (SSSR count). The first kappa shape index (κ1) is 12.9. The van der Waals surface area contributed by atoms with E-state index in [4.69, 9.17) is 4.74 Å². The third-order valence-electron chi connectivity index (χ3n) is 3.43. The van der Waals surface area contributed by atoms with Crippen molar-refractivity contribution in [3.05, 3.63) is 62.7 Å². The summed E-state index contributed by atoms with van der Waals surface area (Å²) in [5.41, 5.74) is 3.07. The topological polar surface area (TPSA) is 29.5 Å². The lowest BCUT2D eigenvalue weighted by Gasteiger charge is -2.19. The predicted molar refractivity (Wildman–Crippen MR) is 83.5 cm³/mol. The average Bonchev–Trinajstić information content (AvgIpc) is 2.47. The largest absolute Gasteiger partial charge is 0.493 e. The van der Waals surface area contributed by atoms with Gasteiger partial charge in [0, 0.05) is 3.57 Å². The highest BCUT2D eigenvalue weighted by molar-refractivity contribution is 14.1. The highest BCUT2D eigenvalue weighted by Crippen LogP contribution is 2.30. The Bertz CT molecular complexity index is 578. The van der Waals surface area contributed by atoms with E-state index in [2.05, 4.69) is 28.7 Å². The van der Waals surface area contributed by atoms with Crippen molar-refractivity contribution in [3.8, 4) is 5.75 Å². The third kappa shape index (κ3) is 2.77. The zero-order valence-corrected chi connectivity index (χ0v) is 12.6. The molecule has 1 aliphatic heterocycles. The molecule has 98 valence electrons. The summed E-state index contributed by atoms with van der Waals surface area (Å²) in [4.78, 5) is 0. The molecule has 2 aromatic carbocycles. The molecule has 1 heterocycles. The Balaban J connectivity index is 1.91.